The van der Waals surface area contributed by atoms with E-state index < -0.39 is 0 Å². The number of aliphatic hydroxyl groups is 1. The lowest BCUT2D eigenvalue weighted by Gasteiger charge is -2.01. The molecule has 0 fully saturated rings. The Labute approximate surface area is 88.2 Å². The van der Waals surface area contributed by atoms with Crippen molar-refractivity contribution >= 4 is 16.9 Å². The fraction of sp³-hybridized carbons (Fsp3) is 0.750. The predicted octanol–water partition coefficient (Wildman–Crippen LogP) is 0.175. The second kappa shape index (κ2) is 10.3. The Kier molecular flexibility index (Phi) is 9.74. The van der Waals surface area contributed by atoms with Crippen LogP contribution in [0.2, 0.25) is 0 Å². The van der Waals surface area contributed by atoms with Crippen molar-refractivity contribution in [3.8, 4) is 6.19 Å². The Bertz CT molecular complexity index is 203. The average Bonchev–Trinajstić information content (AvgIpc) is 2.21. The minimum atomic E-state index is 0.0509. The SMILES string of the molecule is CSC(=NCCCOCCO)NC#N. The van der Waals surface area contributed by atoms with Crippen LogP contribution in [0.3, 0.4) is 0 Å². The molecule has 0 aliphatic heterocycles. The van der Waals surface area contributed by atoms with Crippen molar-refractivity contribution in [1.29, 1.82) is 5.26 Å². The van der Waals surface area contributed by atoms with Crippen LogP contribution in [0.4, 0.5) is 0 Å². The molecule has 0 radical (unpaired) electrons. The molecule has 0 aliphatic rings. The summed E-state index contributed by atoms with van der Waals surface area (Å²) < 4.78 is 5.05. The Balaban J connectivity index is 3.44. The zero-order chi connectivity index (χ0) is 10.6. The topological polar surface area (TPSA) is 77.6 Å². The van der Waals surface area contributed by atoms with Gasteiger partial charge in [-0.3, -0.25) is 10.3 Å². The lowest BCUT2D eigenvalue weighted by atomic mass is 10.5. The van der Waals surface area contributed by atoms with Gasteiger partial charge in [-0.2, -0.15) is 5.26 Å². The highest BCUT2D eigenvalue weighted by molar-refractivity contribution is 8.13. The minimum absolute atomic E-state index is 0.0509. The van der Waals surface area contributed by atoms with Crippen molar-refractivity contribution < 1.29 is 9.84 Å². The van der Waals surface area contributed by atoms with Crippen molar-refractivity contribution in [2.24, 2.45) is 4.99 Å². The predicted molar refractivity (Wildman–Crippen MR) is 57.1 cm³/mol. The molecule has 0 unspecified atom stereocenters. The third kappa shape index (κ3) is 7.86. The van der Waals surface area contributed by atoms with E-state index in [0.717, 1.165) is 6.42 Å². The van der Waals surface area contributed by atoms with Crippen LogP contribution in [0.25, 0.3) is 0 Å². The van der Waals surface area contributed by atoms with Crippen molar-refractivity contribution in [1.82, 2.24) is 5.32 Å². The van der Waals surface area contributed by atoms with Gasteiger partial charge in [0.05, 0.1) is 13.2 Å². The molecular formula is C8H15N3O2S. The normalized spacial score (nSPS) is 11.1. The number of hydrogen-bond donors (Lipinski definition) is 2. The van der Waals surface area contributed by atoms with Crippen LogP contribution in [-0.4, -0.2) is 42.9 Å². The molecule has 0 bridgehead atoms. The third-order valence-corrected chi connectivity index (χ3v) is 1.91. The highest BCUT2D eigenvalue weighted by atomic mass is 32.2. The van der Waals surface area contributed by atoms with Crippen LogP contribution in [0.15, 0.2) is 4.99 Å². The molecule has 2 N–H and O–H groups in total. The number of nitriles is 1. The maximum atomic E-state index is 8.42. The Morgan fingerprint density at radius 2 is 2.43 bits per heavy atom. The average molecular weight is 217 g/mol. The monoisotopic (exact) mass is 217 g/mol. The van der Waals surface area contributed by atoms with Crippen molar-refractivity contribution in [2.45, 2.75) is 6.42 Å². The first kappa shape index (κ1) is 13.2. The van der Waals surface area contributed by atoms with Gasteiger partial charge < -0.3 is 9.84 Å². The highest BCUT2D eigenvalue weighted by Gasteiger charge is 1.93. The number of thioether (sulfide) groups is 1. The molecule has 0 aromatic heterocycles. The van der Waals surface area contributed by atoms with Gasteiger partial charge in [0.25, 0.3) is 0 Å². The molecule has 0 amide bonds. The van der Waals surface area contributed by atoms with Gasteiger partial charge in [0.1, 0.15) is 0 Å². The van der Waals surface area contributed by atoms with E-state index in [4.69, 9.17) is 15.1 Å². The second-order valence-corrected chi connectivity index (χ2v) is 3.11. The fourth-order valence-corrected chi connectivity index (χ4v) is 1.08. The Morgan fingerprint density at radius 1 is 1.64 bits per heavy atom. The number of aliphatic imine (C=N–C) groups is 1. The van der Waals surface area contributed by atoms with Crippen LogP contribution in [-0.2, 0) is 4.74 Å². The zero-order valence-corrected chi connectivity index (χ0v) is 9.01. The summed E-state index contributed by atoms with van der Waals surface area (Å²) in [5.41, 5.74) is 0. The minimum Gasteiger partial charge on any atom is -0.394 e. The highest BCUT2D eigenvalue weighted by Crippen LogP contribution is 1.95. The first-order chi connectivity index (χ1) is 6.85. The van der Waals surface area contributed by atoms with Gasteiger partial charge in [0.15, 0.2) is 11.4 Å². The summed E-state index contributed by atoms with van der Waals surface area (Å²) in [6.07, 6.45) is 4.46. The lowest BCUT2D eigenvalue weighted by molar-refractivity contribution is 0.0918. The second-order valence-electron chi connectivity index (χ2n) is 2.32. The summed E-state index contributed by atoms with van der Waals surface area (Å²) in [5.74, 6) is 0. The Hall–Kier alpha value is -0.770. The van der Waals surface area contributed by atoms with Gasteiger partial charge in [-0.1, -0.05) is 11.8 Å². The number of nitrogens with zero attached hydrogens (tertiary/aromatic N) is 2. The van der Waals surface area contributed by atoms with E-state index in [-0.39, 0.29) is 6.61 Å². The molecule has 6 heteroatoms. The summed E-state index contributed by atoms with van der Waals surface area (Å²) in [6, 6.07) is 0. The number of ether oxygens (including phenoxy) is 1. The molecule has 5 nitrogen and oxygen atoms in total. The van der Waals surface area contributed by atoms with E-state index in [1.54, 1.807) is 0 Å². The number of amidine groups is 1. The molecule has 0 aromatic rings. The molecule has 0 rings (SSSR count). The third-order valence-electron chi connectivity index (χ3n) is 1.29. The molecule has 0 atom stereocenters. The first-order valence-electron chi connectivity index (χ1n) is 4.27. The molecule has 0 spiro atoms. The standard InChI is InChI=1S/C8H15N3O2S/c1-14-8(11-7-9)10-3-2-5-13-6-4-12/h12H,2-6H2,1H3,(H,10,11). The summed E-state index contributed by atoms with van der Waals surface area (Å²) in [5, 5.41) is 19.8. The molecule has 0 aromatic carbocycles. The molecule has 0 aliphatic carbocycles. The maximum Gasteiger partial charge on any atom is 0.183 e. The van der Waals surface area contributed by atoms with Crippen molar-refractivity contribution in [3.63, 3.8) is 0 Å². The van der Waals surface area contributed by atoms with E-state index in [0.29, 0.717) is 24.9 Å². The lowest BCUT2D eigenvalue weighted by Crippen LogP contribution is -2.14. The molecule has 80 valence electrons. The van der Waals surface area contributed by atoms with Crippen LogP contribution in [0.1, 0.15) is 6.42 Å². The largest absolute Gasteiger partial charge is 0.394 e. The number of aliphatic hydroxyl groups excluding tert-OH is 1. The quantitative estimate of drug-likeness (QED) is 0.218. The molecule has 0 saturated carbocycles. The summed E-state index contributed by atoms with van der Waals surface area (Å²) in [7, 11) is 0. The van der Waals surface area contributed by atoms with E-state index in [1.165, 1.54) is 11.8 Å². The van der Waals surface area contributed by atoms with Crippen LogP contribution in [0.5, 0.6) is 0 Å². The van der Waals surface area contributed by atoms with Crippen molar-refractivity contribution in [2.75, 3.05) is 32.6 Å². The number of hydrogen-bond acceptors (Lipinski definition) is 5. The zero-order valence-electron chi connectivity index (χ0n) is 8.19. The van der Waals surface area contributed by atoms with Gasteiger partial charge in [0, 0.05) is 13.2 Å². The fourth-order valence-electron chi connectivity index (χ4n) is 0.717. The molecular weight excluding hydrogens is 202 g/mol. The van der Waals surface area contributed by atoms with E-state index in [1.807, 2.05) is 12.4 Å². The van der Waals surface area contributed by atoms with Gasteiger partial charge >= 0.3 is 0 Å². The van der Waals surface area contributed by atoms with Gasteiger partial charge in [0.2, 0.25) is 0 Å². The van der Waals surface area contributed by atoms with Gasteiger partial charge in [-0.25, -0.2) is 0 Å². The van der Waals surface area contributed by atoms with E-state index in [2.05, 4.69) is 10.3 Å². The van der Waals surface area contributed by atoms with E-state index >= 15 is 0 Å². The van der Waals surface area contributed by atoms with Gasteiger partial charge in [-0.15, -0.1) is 0 Å². The summed E-state index contributed by atoms with van der Waals surface area (Å²) in [4.78, 5) is 4.13. The molecule has 0 saturated heterocycles. The Morgan fingerprint density at radius 3 is 3.00 bits per heavy atom. The van der Waals surface area contributed by atoms with Crippen LogP contribution in [0, 0.1) is 11.5 Å². The number of rotatable bonds is 6. The van der Waals surface area contributed by atoms with E-state index in [9.17, 15) is 0 Å². The molecule has 14 heavy (non-hydrogen) atoms. The first-order valence-corrected chi connectivity index (χ1v) is 5.49. The van der Waals surface area contributed by atoms with Gasteiger partial charge in [-0.05, 0) is 12.7 Å². The smallest absolute Gasteiger partial charge is 0.183 e. The molecule has 0 heterocycles. The summed E-state index contributed by atoms with van der Waals surface area (Å²) in [6.45, 7) is 1.62. The maximum absolute atomic E-state index is 8.42. The van der Waals surface area contributed by atoms with Crippen LogP contribution >= 0.6 is 11.8 Å². The van der Waals surface area contributed by atoms with Crippen molar-refractivity contribution in [3.05, 3.63) is 0 Å². The summed E-state index contributed by atoms with van der Waals surface area (Å²) >= 11 is 1.40. The van der Waals surface area contributed by atoms with Crippen LogP contribution < -0.4 is 5.32 Å². The number of nitrogens with one attached hydrogen (secondary N) is 1.